The van der Waals surface area contributed by atoms with Crippen LogP contribution in [0.25, 0.3) is 0 Å². The van der Waals surface area contributed by atoms with Crippen molar-refractivity contribution < 1.29 is 9.47 Å². The molecule has 1 aromatic heterocycles. The molecule has 2 aromatic rings. The molecule has 1 heterocycles. The second-order valence-electron chi connectivity index (χ2n) is 5.64. The molecule has 1 aromatic carbocycles. The standard InChI is InChI=1S/C17H18ClN3O2S/c1-22-13-7-6-11(15(8-13)23-12-4-2-3-5-12)10-20-17-14(9-19)16(18)21-24-17/h6-8,12,20H,2-5,10H2,1H3. The minimum atomic E-state index is 0.238. The predicted octanol–water partition coefficient (Wildman–Crippen LogP) is 4.61. The maximum absolute atomic E-state index is 9.15. The summed E-state index contributed by atoms with van der Waals surface area (Å²) in [7, 11) is 1.64. The third-order valence-electron chi connectivity index (χ3n) is 4.07. The van der Waals surface area contributed by atoms with Crippen molar-refractivity contribution in [1.82, 2.24) is 4.37 Å². The van der Waals surface area contributed by atoms with Gasteiger partial charge in [0.05, 0.1) is 13.2 Å². The number of rotatable bonds is 6. The van der Waals surface area contributed by atoms with E-state index < -0.39 is 0 Å². The maximum atomic E-state index is 9.15. The number of nitrogens with zero attached hydrogens (tertiary/aromatic N) is 2. The van der Waals surface area contributed by atoms with Crippen LogP contribution in [0.15, 0.2) is 18.2 Å². The molecule has 126 valence electrons. The normalized spacial score (nSPS) is 14.4. The molecule has 1 aliphatic rings. The number of nitrogens with one attached hydrogen (secondary N) is 1. The minimum Gasteiger partial charge on any atom is -0.497 e. The van der Waals surface area contributed by atoms with Gasteiger partial charge in [-0.05, 0) is 49.3 Å². The molecule has 0 unspecified atom stereocenters. The summed E-state index contributed by atoms with van der Waals surface area (Å²) in [6.45, 7) is 0.527. The van der Waals surface area contributed by atoms with Crippen molar-refractivity contribution in [3.8, 4) is 17.6 Å². The molecule has 1 aliphatic carbocycles. The molecule has 1 saturated carbocycles. The van der Waals surface area contributed by atoms with Gasteiger partial charge in [0.2, 0.25) is 0 Å². The molecule has 0 saturated heterocycles. The van der Waals surface area contributed by atoms with Crippen LogP contribution >= 0.6 is 23.1 Å². The number of anilines is 1. The summed E-state index contributed by atoms with van der Waals surface area (Å²) in [6, 6.07) is 7.87. The lowest BCUT2D eigenvalue weighted by Gasteiger charge is -2.18. The van der Waals surface area contributed by atoms with Crippen LogP contribution in [0.2, 0.25) is 5.15 Å². The van der Waals surface area contributed by atoms with Crippen molar-refractivity contribution in [2.24, 2.45) is 0 Å². The summed E-state index contributed by atoms with van der Waals surface area (Å²) < 4.78 is 15.5. The Balaban J connectivity index is 1.77. The number of nitriles is 1. The molecule has 0 radical (unpaired) electrons. The molecule has 0 atom stereocenters. The van der Waals surface area contributed by atoms with Gasteiger partial charge in [-0.1, -0.05) is 11.6 Å². The van der Waals surface area contributed by atoms with Crippen molar-refractivity contribution in [2.45, 2.75) is 38.3 Å². The van der Waals surface area contributed by atoms with Gasteiger partial charge in [0, 0.05) is 18.2 Å². The lowest BCUT2D eigenvalue weighted by Crippen LogP contribution is -2.13. The van der Waals surface area contributed by atoms with Gasteiger partial charge in [-0.25, -0.2) is 0 Å². The lowest BCUT2D eigenvalue weighted by molar-refractivity contribution is 0.207. The van der Waals surface area contributed by atoms with Gasteiger partial charge in [0.1, 0.15) is 28.1 Å². The summed E-state index contributed by atoms with van der Waals surface area (Å²) in [5.41, 5.74) is 1.39. The fraction of sp³-hybridized carbons (Fsp3) is 0.412. The maximum Gasteiger partial charge on any atom is 0.162 e. The van der Waals surface area contributed by atoms with Crippen LogP contribution < -0.4 is 14.8 Å². The van der Waals surface area contributed by atoms with Crippen molar-refractivity contribution in [3.63, 3.8) is 0 Å². The average molecular weight is 364 g/mol. The van der Waals surface area contributed by atoms with Crippen LogP contribution in [0.5, 0.6) is 11.5 Å². The third kappa shape index (κ3) is 3.74. The quantitative estimate of drug-likeness (QED) is 0.811. The fourth-order valence-corrected chi connectivity index (χ4v) is 3.70. The number of hydrogen-bond donors (Lipinski definition) is 1. The van der Waals surface area contributed by atoms with Gasteiger partial charge < -0.3 is 14.8 Å². The zero-order chi connectivity index (χ0) is 16.9. The molecule has 7 heteroatoms. The third-order valence-corrected chi connectivity index (χ3v) is 5.25. The summed E-state index contributed by atoms with van der Waals surface area (Å²) in [5, 5.41) is 13.3. The van der Waals surface area contributed by atoms with Crippen LogP contribution in [0.1, 0.15) is 36.8 Å². The second kappa shape index (κ2) is 7.73. The topological polar surface area (TPSA) is 67.2 Å². The Hall–Kier alpha value is -1.97. The van der Waals surface area contributed by atoms with Crippen molar-refractivity contribution in [1.29, 1.82) is 5.26 Å². The van der Waals surface area contributed by atoms with Crippen molar-refractivity contribution in [2.75, 3.05) is 12.4 Å². The summed E-state index contributed by atoms with van der Waals surface area (Å²) in [5.74, 6) is 1.59. The first-order valence-corrected chi connectivity index (χ1v) is 8.99. The first kappa shape index (κ1) is 16.9. The van der Waals surface area contributed by atoms with E-state index in [9.17, 15) is 0 Å². The van der Waals surface area contributed by atoms with E-state index in [4.69, 9.17) is 26.3 Å². The number of methoxy groups -OCH3 is 1. The monoisotopic (exact) mass is 363 g/mol. The van der Waals surface area contributed by atoms with E-state index in [-0.39, 0.29) is 11.3 Å². The lowest BCUT2D eigenvalue weighted by atomic mass is 10.1. The molecular weight excluding hydrogens is 346 g/mol. The zero-order valence-electron chi connectivity index (χ0n) is 13.3. The molecule has 5 nitrogen and oxygen atoms in total. The molecular formula is C17H18ClN3O2S. The van der Waals surface area contributed by atoms with Gasteiger partial charge in [0.15, 0.2) is 5.15 Å². The zero-order valence-corrected chi connectivity index (χ0v) is 14.9. The molecule has 3 rings (SSSR count). The highest BCUT2D eigenvalue weighted by atomic mass is 35.5. The number of halogens is 1. The Kier molecular flexibility index (Phi) is 5.44. The Labute approximate surface area is 150 Å². The number of benzene rings is 1. The van der Waals surface area contributed by atoms with Crippen LogP contribution in [-0.2, 0) is 6.54 Å². The van der Waals surface area contributed by atoms with Gasteiger partial charge in [-0.3, -0.25) is 0 Å². The number of aromatic nitrogens is 1. The van der Waals surface area contributed by atoms with E-state index in [2.05, 4.69) is 15.8 Å². The molecule has 1 N–H and O–H groups in total. The van der Waals surface area contributed by atoms with Crippen molar-refractivity contribution >= 4 is 28.1 Å². The summed E-state index contributed by atoms with van der Waals surface area (Å²) in [4.78, 5) is 0. The molecule has 0 amide bonds. The number of ether oxygens (including phenoxy) is 2. The van der Waals surface area contributed by atoms with Crippen LogP contribution in [-0.4, -0.2) is 17.6 Å². The molecule has 1 fully saturated rings. The predicted molar refractivity (Wildman–Crippen MR) is 95.0 cm³/mol. The Morgan fingerprint density at radius 1 is 1.42 bits per heavy atom. The largest absolute Gasteiger partial charge is 0.497 e. The number of hydrogen-bond acceptors (Lipinski definition) is 6. The van der Waals surface area contributed by atoms with Gasteiger partial charge in [-0.2, -0.15) is 9.64 Å². The fourth-order valence-electron chi connectivity index (χ4n) is 2.77. The van der Waals surface area contributed by atoms with E-state index in [0.29, 0.717) is 17.1 Å². The average Bonchev–Trinajstić information content (AvgIpc) is 3.23. The highest BCUT2D eigenvalue weighted by molar-refractivity contribution is 7.10. The van der Waals surface area contributed by atoms with Gasteiger partial charge >= 0.3 is 0 Å². The highest BCUT2D eigenvalue weighted by Gasteiger charge is 2.19. The van der Waals surface area contributed by atoms with Crippen LogP contribution in [0, 0.1) is 11.3 Å². The van der Waals surface area contributed by atoms with E-state index in [1.807, 2.05) is 18.2 Å². The Bertz CT molecular complexity index is 751. The van der Waals surface area contributed by atoms with E-state index >= 15 is 0 Å². The minimum absolute atomic E-state index is 0.238. The first-order valence-electron chi connectivity index (χ1n) is 7.84. The van der Waals surface area contributed by atoms with Crippen molar-refractivity contribution in [3.05, 3.63) is 34.5 Å². The summed E-state index contributed by atoms with van der Waals surface area (Å²) >= 11 is 7.09. The molecule has 0 bridgehead atoms. The molecule has 24 heavy (non-hydrogen) atoms. The van der Waals surface area contributed by atoms with Gasteiger partial charge in [-0.15, -0.1) is 0 Å². The highest BCUT2D eigenvalue weighted by Crippen LogP contribution is 2.32. The SMILES string of the molecule is COc1ccc(CNc2snc(Cl)c2C#N)c(OC2CCCC2)c1. The van der Waals surface area contributed by atoms with E-state index in [1.54, 1.807) is 7.11 Å². The van der Waals surface area contributed by atoms with Crippen LogP contribution in [0.3, 0.4) is 0 Å². The van der Waals surface area contributed by atoms with E-state index in [0.717, 1.165) is 29.9 Å². The van der Waals surface area contributed by atoms with E-state index in [1.165, 1.54) is 24.4 Å². The second-order valence-corrected chi connectivity index (χ2v) is 6.77. The smallest absolute Gasteiger partial charge is 0.162 e. The Morgan fingerprint density at radius 2 is 2.21 bits per heavy atom. The molecule has 0 spiro atoms. The summed E-state index contributed by atoms with van der Waals surface area (Å²) in [6.07, 6.45) is 4.88. The van der Waals surface area contributed by atoms with Crippen LogP contribution in [0.4, 0.5) is 5.00 Å². The van der Waals surface area contributed by atoms with Gasteiger partial charge in [0.25, 0.3) is 0 Å². The Morgan fingerprint density at radius 3 is 2.92 bits per heavy atom. The molecule has 0 aliphatic heterocycles. The first-order chi connectivity index (χ1) is 11.7.